The van der Waals surface area contributed by atoms with Gasteiger partial charge in [-0.25, -0.2) is 0 Å². The number of oxime groups is 1. The Bertz CT molecular complexity index is 794. The molecule has 0 spiro atoms. The van der Waals surface area contributed by atoms with E-state index in [4.69, 9.17) is 16.3 Å². The van der Waals surface area contributed by atoms with Crippen LogP contribution in [0, 0.1) is 0 Å². The molecular formula is C24H32ClNO4. The molecule has 30 heavy (non-hydrogen) atoms. The Morgan fingerprint density at radius 2 is 1.83 bits per heavy atom. The van der Waals surface area contributed by atoms with Crippen LogP contribution in [0.1, 0.15) is 55.0 Å². The van der Waals surface area contributed by atoms with E-state index in [9.17, 15) is 10.2 Å². The molecule has 3 unspecified atom stereocenters. The van der Waals surface area contributed by atoms with Gasteiger partial charge in [0.2, 0.25) is 0 Å². The molecule has 0 bridgehead atoms. The molecule has 2 aromatic carbocycles. The van der Waals surface area contributed by atoms with E-state index < -0.39 is 6.10 Å². The Kier molecular flexibility index (Phi) is 10.3. The van der Waals surface area contributed by atoms with Gasteiger partial charge in [-0.1, -0.05) is 67.0 Å². The Balaban J connectivity index is 0.00000155. The number of aliphatic hydroxyl groups excluding tert-OH is 2. The molecule has 6 heteroatoms. The topological polar surface area (TPSA) is 71.3 Å². The van der Waals surface area contributed by atoms with E-state index in [1.54, 1.807) is 6.21 Å². The average molecular weight is 434 g/mol. The fourth-order valence-corrected chi connectivity index (χ4v) is 3.67. The minimum Gasteiger partial charge on any atom is -0.399 e. The first kappa shape index (κ1) is 24.4. The summed E-state index contributed by atoms with van der Waals surface area (Å²) < 4.78 is 5.92. The summed E-state index contributed by atoms with van der Waals surface area (Å²) in [6.45, 7) is 3.91. The predicted octanol–water partition coefficient (Wildman–Crippen LogP) is 4.71. The summed E-state index contributed by atoms with van der Waals surface area (Å²) in [4.78, 5) is 4.68. The molecule has 2 N–H and O–H groups in total. The first-order valence-corrected chi connectivity index (χ1v) is 10.8. The van der Waals surface area contributed by atoms with Crippen LogP contribution in [-0.2, 0) is 22.4 Å². The minimum absolute atomic E-state index is 0.0879. The second kappa shape index (κ2) is 12.7. The van der Waals surface area contributed by atoms with E-state index in [2.05, 4.69) is 34.3 Å². The van der Waals surface area contributed by atoms with E-state index in [0.717, 1.165) is 28.7 Å². The summed E-state index contributed by atoms with van der Waals surface area (Å²) in [5.74, 6) is 0. The molecule has 0 aromatic heterocycles. The SMILES string of the molecule is CC.CO/N=C/Cc1ccc(Cc2cc(C3CC(O)CC(CO)O3)ccc2Cl)cc1. The molecule has 1 aliphatic rings. The molecule has 0 radical (unpaired) electrons. The van der Waals surface area contributed by atoms with Crippen molar-refractivity contribution in [2.24, 2.45) is 5.16 Å². The molecular weight excluding hydrogens is 402 g/mol. The maximum atomic E-state index is 10.1. The van der Waals surface area contributed by atoms with Crippen molar-refractivity contribution in [3.8, 4) is 0 Å². The molecule has 1 heterocycles. The van der Waals surface area contributed by atoms with Gasteiger partial charge in [0.05, 0.1) is 24.9 Å². The van der Waals surface area contributed by atoms with Gasteiger partial charge in [-0.05, 0) is 34.7 Å². The first-order valence-electron chi connectivity index (χ1n) is 10.4. The van der Waals surface area contributed by atoms with E-state index in [0.29, 0.717) is 24.3 Å². The summed E-state index contributed by atoms with van der Waals surface area (Å²) in [6, 6.07) is 14.2. The Morgan fingerprint density at radius 3 is 2.50 bits per heavy atom. The van der Waals surface area contributed by atoms with Crippen LogP contribution >= 0.6 is 11.6 Å². The number of halogens is 1. The van der Waals surface area contributed by atoms with Gasteiger partial charge in [-0.3, -0.25) is 0 Å². The lowest BCUT2D eigenvalue weighted by Crippen LogP contribution is -2.33. The zero-order chi connectivity index (χ0) is 21.9. The predicted molar refractivity (Wildman–Crippen MR) is 121 cm³/mol. The van der Waals surface area contributed by atoms with E-state index in [-0.39, 0.29) is 18.8 Å². The van der Waals surface area contributed by atoms with Crippen LogP contribution in [0.3, 0.4) is 0 Å². The van der Waals surface area contributed by atoms with Crippen molar-refractivity contribution in [3.05, 3.63) is 69.7 Å². The molecule has 0 amide bonds. The summed E-state index contributed by atoms with van der Waals surface area (Å²) >= 11 is 6.42. The van der Waals surface area contributed by atoms with Gasteiger partial charge in [0.15, 0.2) is 0 Å². The summed E-state index contributed by atoms with van der Waals surface area (Å²) in [6.07, 6.45) is 3.11. The maximum Gasteiger partial charge on any atom is 0.106 e. The minimum atomic E-state index is -0.468. The number of hydrogen-bond donors (Lipinski definition) is 2. The highest BCUT2D eigenvalue weighted by Crippen LogP contribution is 2.33. The molecule has 3 rings (SSSR count). The third kappa shape index (κ3) is 7.10. The summed E-state index contributed by atoms with van der Waals surface area (Å²) in [7, 11) is 1.53. The van der Waals surface area contributed by atoms with E-state index in [1.807, 2.05) is 32.0 Å². The lowest BCUT2D eigenvalue weighted by Gasteiger charge is -2.32. The van der Waals surface area contributed by atoms with Crippen molar-refractivity contribution in [2.75, 3.05) is 13.7 Å². The van der Waals surface area contributed by atoms with Crippen LogP contribution in [-0.4, -0.2) is 42.4 Å². The fraction of sp³-hybridized carbons (Fsp3) is 0.458. The first-order chi connectivity index (χ1) is 14.6. The summed E-state index contributed by atoms with van der Waals surface area (Å²) in [5.41, 5.74) is 4.30. The van der Waals surface area contributed by atoms with Gasteiger partial charge < -0.3 is 19.8 Å². The van der Waals surface area contributed by atoms with E-state index >= 15 is 0 Å². The molecule has 1 aliphatic heterocycles. The van der Waals surface area contributed by atoms with Gasteiger partial charge in [0.1, 0.15) is 7.11 Å². The largest absolute Gasteiger partial charge is 0.399 e. The van der Waals surface area contributed by atoms with Crippen molar-refractivity contribution < 1.29 is 19.8 Å². The van der Waals surface area contributed by atoms with Gasteiger partial charge in [-0.15, -0.1) is 0 Å². The van der Waals surface area contributed by atoms with Crippen molar-refractivity contribution >= 4 is 17.8 Å². The number of aliphatic hydroxyl groups is 2. The molecule has 1 fully saturated rings. The third-order valence-corrected chi connectivity index (χ3v) is 5.32. The Morgan fingerprint density at radius 1 is 1.13 bits per heavy atom. The fourth-order valence-electron chi connectivity index (χ4n) is 3.48. The highest BCUT2D eigenvalue weighted by atomic mass is 35.5. The van der Waals surface area contributed by atoms with Crippen LogP contribution in [0.4, 0.5) is 0 Å². The van der Waals surface area contributed by atoms with Gasteiger partial charge in [0, 0.05) is 30.5 Å². The molecule has 3 atom stereocenters. The van der Waals surface area contributed by atoms with Crippen LogP contribution < -0.4 is 0 Å². The van der Waals surface area contributed by atoms with Crippen molar-refractivity contribution in [1.29, 1.82) is 0 Å². The smallest absolute Gasteiger partial charge is 0.106 e. The van der Waals surface area contributed by atoms with Crippen molar-refractivity contribution in [3.63, 3.8) is 0 Å². The number of benzene rings is 2. The number of hydrogen-bond acceptors (Lipinski definition) is 5. The second-order valence-electron chi connectivity index (χ2n) is 7.07. The molecule has 0 saturated carbocycles. The zero-order valence-corrected chi connectivity index (χ0v) is 18.7. The normalized spacial score (nSPS) is 21.2. The Labute approximate surface area is 184 Å². The van der Waals surface area contributed by atoms with Gasteiger partial charge in [-0.2, -0.15) is 0 Å². The van der Waals surface area contributed by atoms with Crippen LogP contribution in [0.25, 0.3) is 0 Å². The lowest BCUT2D eigenvalue weighted by molar-refractivity contribution is -0.113. The lowest BCUT2D eigenvalue weighted by atomic mass is 9.94. The highest BCUT2D eigenvalue weighted by molar-refractivity contribution is 6.31. The van der Waals surface area contributed by atoms with Crippen molar-refractivity contribution in [2.45, 2.75) is 57.8 Å². The van der Waals surface area contributed by atoms with Crippen molar-refractivity contribution in [1.82, 2.24) is 0 Å². The maximum absolute atomic E-state index is 10.1. The van der Waals surface area contributed by atoms with Crippen LogP contribution in [0.2, 0.25) is 5.02 Å². The number of nitrogens with zero attached hydrogens (tertiary/aromatic N) is 1. The van der Waals surface area contributed by atoms with Gasteiger partial charge >= 0.3 is 0 Å². The quantitative estimate of drug-likeness (QED) is 0.490. The monoisotopic (exact) mass is 433 g/mol. The van der Waals surface area contributed by atoms with Gasteiger partial charge in [0.25, 0.3) is 0 Å². The molecule has 1 saturated heterocycles. The zero-order valence-electron chi connectivity index (χ0n) is 17.9. The number of ether oxygens (including phenoxy) is 1. The van der Waals surface area contributed by atoms with Crippen LogP contribution in [0.15, 0.2) is 47.6 Å². The molecule has 0 aliphatic carbocycles. The molecule has 164 valence electrons. The third-order valence-electron chi connectivity index (χ3n) is 4.95. The highest BCUT2D eigenvalue weighted by Gasteiger charge is 2.29. The summed E-state index contributed by atoms with van der Waals surface area (Å²) in [5, 5.41) is 23.9. The average Bonchev–Trinajstić information content (AvgIpc) is 2.77. The second-order valence-corrected chi connectivity index (χ2v) is 7.48. The standard InChI is InChI=1S/C22H26ClNO4.C2H6/c1-27-24-9-8-15-2-4-16(5-3-15)10-18-11-17(6-7-21(18)23)22-13-19(26)12-20(14-25)28-22;1-2/h2-7,9,11,19-20,22,25-26H,8,10,12-14H2,1H3;1-2H3/b24-9+;. The Hall–Kier alpha value is -1.92. The van der Waals surface area contributed by atoms with E-state index in [1.165, 1.54) is 7.11 Å². The molecule has 2 aromatic rings. The number of rotatable bonds is 7. The molecule has 5 nitrogen and oxygen atoms in total. The van der Waals surface area contributed by atoms with Crippen LogP contribution in [0.5, 0.6) is 0 Å².